The first-order chi connectivity index (χ1) is 10.8. The Hall–Kier alpha value is -2.21. The Labute approximate surface area is 136 Å². The maximum Gasteiger partial charge on any atom is 0.252 e. The van der Waals surface area contributed by atoms with Crippen LogP contribution in [0.25, 0.3) is 0 Å². The molecule has 6 heteroatoms. The molecule has 1 saturated heterocycles. The normalized spacial score (nSPS) is 20.7. The average molecular weight is 317 g/mol. The van der Waals surface area contributed by atoms with E-state index in [0.29, 0.717) is 0 Å². The summed E-state index contributed by atoms with van der Waals surface area (Å²) >= 11 is 0. The van der Waals surface area contributed by atoms with E-state index >= 15 is 0 Å². The van der Waals surface area contributed by atoms with Crippen molar-refractivity contribution in [3.05, 3.63) is 35.9 Å². The highest BCUT2D eigenvalue weighted by Crippen LogP contribution is 2.21. The van der Waals surface area contributed by atoms with Gasteiger partial charge in [-0.05, 0) is 19.4 Å². The number of rotatable bonds is 5. The number of hydrogen-bond acceptors (Lipinski definition) is 4. The summed E-state index contributed by atoms with van der Waals surface area (Å²) in [5, 5.41) is 2.66. The molecule has 124 valence electrons. The number of imide groups is 1. The van der Waals surface area contributed by atoms with Crippen molar-refractivity contribution in [2.75, 3.05) is 0 Å². The molecular formula is C17H23N3O3. The molecule has 1 heterocycles. The van der Waals surface area contributed by atoms with Crippen molar-refractivity contribution in [2.24, 2.45) is 11.7 Å². The smallest absolute Gasteiger partial charge is 0.252 e. The molecule has 0 saturated carbocycles. The molecule has 1 aromatic carbocycles. The van der Waals surface area contributed by atoms with Gasteiger partial charge in [0.1, 0.15) is 6.04 Å². The summed E-state index contributed by atoms with van der Waals surface area (Å²) in [6.07, 6.45) is 0.00997. The summed E-state index contributed by atoms with van der Waals surface area (Å²) in [5.41, 5.74) is 6.98. The Morgan fingerprint density at radius 3 is 2.35 bits per heavy atom. The minimum atomic E-state index is -0.789. The molecule has 1 fully saturated rings. The van der Waals surface area contributed by atoms with Gasteiger partial charge in [0.05, 0.1) is 12.3 Å². The topological polar surface area (TPSA) is 92.5 Å². The predicted octanol–water partition coefficient (Wildman–Crippen LogP) is 0.975. The molecule has 0 aliphatic carbocycles. The summed E-state index contributed by atoms with van der Waals surface area (Å²) in [5.74, 6) is -1.43. The van der Waals surface area contributed by atoms with Crippen LogP contribution in [0.2, 0.25) is 0 Å². The molecule has 0 radical (unpaired) electrons. The first kappa shape index (κ1) is 17.1. The van der Waals surface area contributed by atoms with Crippen LogP contribution in [-0.4, -0.2) is 34.7 Å². The molecule has 3 unspecified atom stereocenters. The van der Waals surface area contributed by atoms with Crippen LogP contribution in [0.4, 0.5) is 0 Å². The molecule has 1 aliphatic rings. The van der Waals surface area contributed by atoms with Crippen LogP contribution in [0.5, 0.6) is 0 Å². The standard InChI is InChI=1S/C17H23N3O3/c1-10(2)20-14(21)9-13(17(20)23)19-16(22)11(3)15(18)12-7-5-4-6-8-12/h4-8,10-11,13,15H,9,18H2,1-3H3,(H,19,22). The Balaban J connectivity index is 2.02. The van der Waals surface area contributed by atoms with Crippen LogP contribution in [-0.2, 0) is 14.4 Å². The molecular weight excluding hydrogens is 294 g/mol. The molecule has 3 N–H and O–H groups in total. The number of benzene rings is 1. The lowest BCUT2D eigenvalue weighted by molar-refractivity contribution is -0.141. The SMILES string of the molecule is CC(C(=O)NC1CC(=O)N(C(C)C)C1=O)C(N)c1ccccc1. The van der Waals surface area contributed by atoms with Crippen LogP contribution in [0, 0.1) is 5.92 Å². The van der Waals surface area contributed by atoms with E-state index in [9.17, 15) is 14.4 Å². The van der Waals surface area contributed by atoms with Gasteiger partial charge in [-0.15, -0.1) is 0 Å². The van der Waals surface area contributed by atoms with E-state index in [4.69, 9.17) is 5.73 Å². The average Bonchev–Trinajstić information content (AvgIpc) is 2.80. The second kappa shape index (κ2) is 6.91. The number of hydrogen-bond donors (Lipinski definition) is 2. The van der Waals surface area contributed by atoms with Crippen molar-refractivity contribution < 1.29 is 14.4 Å². The Bertz CT molecular complexity index is 600. The number of nitrogens with one attached hydrogen (secondary N) is 1. The van der Waals surface area contributed by atoms with Gasteiger partial charge in [0.25, 0.3) is 5.91 Å². The lowest BCUT2D eigenvalue weighted by Crippen LogP contribution is -2.46. The van der Waals surface area contributed by atoms with Gasteiger partial charge in [-0.3, -0.25) is 19.3 Å². The fraction of sp³-hybridized carbons (Fsp3) is 0.471. The first-order valence-corrected chi connectivity index (χ1v) is 7.79. The van der Waals surface area contributed by atoms with Crippen molar-refractivity contribution in [3.63, 3.8) is 0 Å². The Kier molecular flexibility index (Phi) is 5.15. The fourth-order valence-corrected chi connectivity index (χ4v) is 2.74. The van der Waals surface area contributed by atoms with Crippen LogP contribution < -0.4 is 11.1 Å². The molecule has 23 heavy (non-hydrogen) atoms. The Morgan fingerprint density at radius 2 is 1.83 bits per heavy atom. The van der Waals surface area contributed by atoms with Crippen molar-refractivity contribution in [3.8, 4) is 0 Å². The third kappa shape index (κ3) is 3.59. The molecule has 0 spiro atoms. The molecule has 3 amide bonds. The van der Waals surface area contributed by atoms with Crippen LogP contribution in [0.3, 0.4) is 0 Å². The molecule has 1 aliphatic heterocycles. The lowest BCUT2D eigenvalue weighted by atomic mass is 9.94. The van der Waals surface area contributed by atoms with E-state index in [0.717, 1.165) is 5.56 Å². The minimum absolute atomic E-state index is 0.00997. The van der Waals surface area contributed by atoms with Gasteiger partial charge < -0.3 is 11.1 Å². The minimum Gasteiger partial charge on any atom is -0.343 e. The van der Waals surface area contributed by atoms with E-state index in [-0.39, 0.29) is 30.2 Å². The Morgan fingerprint density at radius 1 is 1.22 bits per heavy atom. The summed E-state index contributed by atoms with van der Waals surface area (Å²) in [6.45, 7) is 5.26. The van der Waals surface area contributed by atoms with Crippen molar-refractivity contribution in [2.45, 2.75) is 45.3 Å². The summed E-state index contributed by atoms with van der Waals surface area (Å²) < 4.78 is 0. The van der Waals surface area contributed by atoms with E-state index in [2.05, 4.69) is 5.32 Å². The van der Waals surface area contributed by atoms with Gasteiger partial charge in [-0.1, -0.05) is 37.3 Å². The van der Waals surface area contributed by atoms with E-state index in [1.807, 2.05) is 30.3 Å². The monoisotopic (exact) mass is 317 g/mol. The van der Waals surface area contributed by atoms with Gasteiger partial charge >= 0.3 is 0 Å². The summed E-state index contributed by atoms with van der Waals surface area (Å²) in [6, 6.07) is 7.86. The highest BCUT2D eigenvalue weighted by molar-refractivity contribution is 6.07. The molecule has 1 aromatic rings. The van der Waals surface area contributed by atoms with Crippen molar-refractivity contribution in [1.82, 2.24) is 10.2 Å². The van der Waals surface area contributed by atoms with Crippen LogP contribution in [0.15, 0.2) is 30.3 Å². The van der Waals surface area contributed by atoms with Gasteiger partial charge in [-0.25, -0.2) is 0 Å². The van der Waals surface area contributed by atoms with Crippen LogP contribution in [0.1, 0.15) is 38.8 Å². The third-order valence-corrected chi connectivity index (χ3v) is 4.15. The zero-order valence-electron chi connectivity index (χ0n) is 13.7. The number of amides is 3. The highest BCUT2D eigenvalue weighted by atomic mass is 16.2. The second-order valence-electron chi connectivity index (χ2n) is 6.19. The zero-order valence-corrected chi connectivity index (χ0v) is 13.7. The van der Waals surface area contributed by atoms with E-state index < -0.39 is 18.0 Å². The van der Waals surface area contributed by atoms with Crippen molar-refractivity contribution >= 4 is 17.7 Å². The number of nitrogens with zero attached hydrogens (tertiary/aromatic N) is 1. The van der Waals surface area contributed by atoms with Gasteiger partial charge in [0.2, 0.25) is 11.8 Å². The maximum absolute atomic E-state index is 12.4. The van der Waals surface area contributed by atoms with E-state index in [1.165, 1.54) is 4.90 Å². The quantitative estimate of drug-likeness (QED) is 0.792. The van der Waals surface area contributed by atoms with Crippen molar-refractivity contribution in [1.29, 1.82) is 0 Å². The second-order valence-corrected chi connectivity index (χ2v) is 6.19. The number of carbonyl (C=O) groups is 3. The molecule has 3 atom stereocenters. The largest absolute Gasteiger partial charge is 0.343 e. The fourth-order valence-electron chi connectivity index (χ4n) is 2.74. The predicted molar refractivity (Wildman–Crippen MR) is 86.1 cm³/mol. The molecule has 0 aromatic heterocycles. The molecule has 6 nitrogen and oxygen atoms in total. The highest BCUT2D eigenvalue weighted by Gasteiger charge is 2.41. The maximum atomic E-state index is 12.4. The zero-order chi connectivity index (χ0) is 17.1. The van der Waals surface area contributed by atoms with E-state index in [1.54, 1.807) is 20.8 Å². The summed E-state index contributed by atoms with van der Waals surface area (Å²) in [7, 11) is 0. The molecule has 0 bridgehead atoms. The lowest BCUT2D eigenvalue weighted by Gasteiger charge is -2.22. The van der Waals surface area contributed by atoms with Gasteiger partial charge in [0, 0.05) is 12.1 Å². The number of carbonyl (C=O) groups excluding carboxylic acids is 3. The van der Waals surface area contributed by atoms with Crippen LogP contribution >= 0.6 is 0 Å². The third-order valence-electron chi connectivity index (χ3n) is 4.15. The first-order valence-electron chi connectivity index (χ1n) is 7.79. The molecule has 2 rings (SSSR count). The summed E-state index contributed by atoms with van der Waals surface area (Å²) in [4.78, 5) is 37.7. The number of likely N-dealkylation sites (tertiary alicyclic amines) is 1. The number of nitrogens with two attached hydrogens (primary N) is 1. The van der Waals surface area contributed by atoms with Gasteiger partial charge in [-0.2, -0.15) is 0 Å². The van der Waals surface area contributed by atoms with Gasteiger partial charge in [0.15, 0.2) is 0 Å².